The first-order valence-corrected chi connectivity index (χ1v) is 8.36. The molecule has 128 valence electrons. The van der Waals surface area contributed by atoms with E-state index in [4.69, 9.17) is 14.3 Å². The third kappa shape index (κ3) is 2.91. The molecule has 4 aromatic rings. The lowest BCUT2D eigenvalue weighted by Gasteiger charge is -2.17. The number of rotatable bonds is 4. The zero-order valence-corrected chi connectivity index (χ0v) is 14.4. The molecule has 25 heavy (non-hydrogen) atoms. The number of ether oxygens (including phenoxy) is 2. The molecule has 4 rings (SSSR count). The summed E-state index contributed by atoms with van der Waals surface area (Å²) in [7, 11) is 0. The molecule has 0 unspecified atom stereocenters. The predicted molar refractivity (Wildman–Crippen MR) is 103 cm³/mol. The molecule has 2 N–H and O–H groups in total. The first kappa shape index (κ1) is 16.8. The fourth-order valence-electron chi connectivity index (χ4n) is 3.31. The Hall–Kier alpha value is -3.01. The Kier molecular flexibility index (Phi) is 4.89. The minimum absolute atomic E-state index is 0.250. The second kappa shape index (κ2) is 7.26. The summed E-state index contributed by atoms with van der Waals surface area (Å²) in [5.41, 5.74) is 4.17. The molecule has 0 saturated carbocycles. The quantitative estimate of drug-likeness (QED) is 0.442. The molecule has 1 amide bonds. The second-order valence-electron chi connectivity index (χ2n) is 5.56. The topological polar surface area (TPSA) is 61.6 Å². The van der Waals surface area contributed by atoms with Gasteiger partial charge in [0.1, 0.15) is 0 Å². The van der Waals surface area contributed by atoms with Crippen LogP contribution in [0.3, 0.4) is 0 Å². The Balaban J connectivity index is 0.000000569. The molecule has 0 aliphatic rings. The van der Waals surface area contributed by atoms with Gasteiger partial charge in [-0.05, 0) is 47.5 Å². The van der Waals surface area contributed by atoms with Crippen LogP contribution in [0.25, 0.3) is 32.3 Å². The van der Waals surface area contributed by atoms with Crippen LogP contribution in [-0.2, 0) is 4.79 Å². The average molecular weight is 335 g/mol. The summed E-state index contributed by atoms with van der Waals surface area (Å²) in [4.78, 5) is 8.58. The number of carbonyl (C=O) groups is 1. The molecule has 0 radical (unpaired) electrons. The van der Waals surface area contributed by atoms with Crippen LogP contribution in [0.4, 0.5) is 0 Å². The van der Waals surface area contributed by atoms with Gasteiger partial charge in [0.15, 0.2) is 11.5 Å². The van der Waals surface area contributed by atoms with Gasteiger partial charge in [-0.15, -0.1) is 0 Å². The van der Waals surface area contributed by atoms with E-state index in [1.165, 1.54) is 26.9 Å². The molecule has 0 heterocycles. The molecular formula is C21H21NO3. The molecule has 0 atom stereocenters. The fourth-order valence-corrected chi connectivity index (χ4v) is 3.31. The van der Waals surface area contributed by atoms with Gasteiger partial charge in [0.2, 0.25) is 6.41 Å². The van der Waals surface area contributed by atoms with Crippen molar-refractivity contribution in [3.8, 4) is 11.5 Å². The highest BCUT2D eigenvalue weighted by Gasteiger charge is 2.16. The number of hydrogen-bond acceptors (Lipinski definition) is 3. The Morgan fingerprint density at radius 2 is 1.48 bits per heavy atom. The maximum atomic E-state index is 8.58. The molecule has 4 heteroatoms. The summed E-state index contributed by atoms with van der Waals surface area (Å²) in [6.45, 7) is 5.27. The maximum absolute atomic E-state index is 8.58. The Morgan fingerprint density at radius 3 is 2.12 bits per heavy atom. The summed E-state index contributed by atoms with van der Waals surface area (Å²) in [6, 6.07) is 17.2. The Morgan fingerprint density at radius 1 is 0.880 bits per heavy atom. The lowest BCUT2D eigenvalue weighted by molar-refractivity contribution is -0.106. The molecule has 0 aromatic heterocycles. The molecule has 0 aliphatic carbocycles. The monoisotopic (exact) mass is 335 g/mol. The van der Waals surface area contributed by atoms with Gasteiger partial charge in [-0.1, -0.05) is 36.4 Å². The molecule has 0 fully saturated rings. The lowest BCUT2D eigenvalue weighted by atomic mass is 9.93. The van der Waals surface area contributed by atoms with Gasteiger partial charge in [0.25, 0.3) is 0 Å². The minimum atomic E-state index is 0.250. The van der Waals surface area contributed by atoms with Gasteiger partial charge in [-0.25, -0.2) is 0 Å². The van der Waals surface area contributed by atoms with Crippen molar-refractivity contribution in [2.75, 3.05) is 13.2 Å². The number of nitrogens with two attached hydrogens (primary N) is 1. The van der Waals surface area contributed by atoms with Crippen molar-refractivity contribution in [3.63, 3.8) is 0 Å². The van der Waals surface area contributed by atoms with Crippen LogP contribution >= 0.6 is 0 Å². The number of hydrogen-bond donors (Lipinski definition) is 1. The van der Waals surface area contributed by atoms with Crippen molar-refractivity contribution in [2.24, 2.45) is 5.73 Å². The number of amides is 1. The number of benzene rings is 4. The van der Waals surface area contributed by atoms with E-state index in [0.29, 0.717) is 13.2 Å². The highest BCUT2D eigenvalue weighted by molar-refractivity contribution is 6.24. The van der Waals surface area contributed by atoms with Gasteiger partial charge in [0.05, 0.1) is 13.2 Å². The summed E-state index contributed by atoms with van der Waals surface area (Å²) in [6.07, 6.45) is 0.250. The number of primary amides is 1. The highest BCUT2D eigenvalue weighted by atomic mass is 16.5. The van der Waals surface area contributed by atoms with E-state index >= 15 is 0 Å². The Labute approximate surface area is 146 Å². The largest absolute Gasteiger partial charge is 0.490 e. The van der Waals surface area contributed by atoms with E-state index in [1.54, 1.807) is 0 Å². The number of carbonyl (C=O) groups excluding carboxylic acids is 1. The normalized spacial score (nSPS) is 10.6. The van der Waals surface area contributed by atoms with Gasteiger partial charge >= 0.3 is 0 Å². The summed E-state index contributed by atoms with van der Waals surface area (Å²) >= 11 is 0. The van der Waals surface area contributed by atoms with Crippen LogP contribution in [0.2, 0.25) is 0 Å². The van der Waals surface area contributed by atoms with Crippen molar-refractivity contribution in [1.82, 2.24) is 0 Å². The molecule has 0 aliphatic heterocycles. The summed E-state index contributed by atoms with van der Waals surface area (Å²) in [5, 5.41) is 7.44. The second-order valence-corrected chi connectivity index (χ2v) is 5.56. The van der Waals surface area contributed by atoms with E-state index in [9.17, 15) is 0 Å². The van der Waals surface area contributed by atoms with Crippen LogP contribution in [-0.4, -0.2) is 19.6 Å². The average Bonchev–Trinajstić information content (AvgIpc) is 2.63. The van der Waals surface area contributed by atoms with Crippen LogP contribution in [0, 0.1) is 0 Å². The molecule has 4 nitrogen and oxygen atoms in total. The first-order chi connectivity index (χ1) is 12.2. The van der Waals surface area contributed by atoms with Gasteiger partial charge < -0.3 is 15.2 Å². The fraction of sp³-hybridized carbons (Fsp3) is 0.190. The van der Waals surface area contributed by atoms with E-state index in [2.05, 4.69) is 54.3 Å². The SMILES string of the molecule is CCOc1cc2ccc3cccc4ccc(c1OCC)c2c34.NC=O. The van der Waals surface area contributed by atoms with Gasteiger partial charge in [-0.3, -0.25) is 4.79 Å². The van der Waals surface area contributed by atoms with Crippen molar-refractivity contribution in [3.05, 3.63) is 48.5 Å². The van der Waals surface area contributed by atoms with E-state index in [-0.39, 0.29) is 6.41 Å². The first-order valence-electron chi connectivity index (χ1n) is 8.36. The Bertz CT molecular complexity index is 994. The smallest absolute Gasteiger partial charge is 0.204 e. The van der Waals surface area contributed by atoms with E-state index < -0.39 is 0 Å². The van der Waals surface area contributed by atoms with Crippen LogP contribution in [0.1, 0.15) is 13.8 Å². The van der Waals surface area contributed by atoms with Crippen LogP contribution in [0.15, 0.2) is 48.5 Å². The summed E-state index contributed by atoms with van der Waals surface area (Å²) in [5.74, 6) is 1.69. The van der Waals surface area contributed by atoms with Crippen LogP contribution < -0.4 is 15.2 Å². The molecule has 0 spiro atoms. The molecular weight excluding hydrogens is 314 g/mol. The van der Waals surface area contributed by atoms with E-state index in [0.717, 1.165) is 16.9 Å². The van der Waals surface area contributed by atoms with E-state index in [1.807, 2.05) is 13.8 Å². The molecule has 0 saturated heterocycles. The van der Waals surface area contributed by atoms with Gasteiger partial charge in [0, 0.05) is 10.8 Å². The van der Waals surface area contributed by atoms with Crippen molar-refractivity contribution >= 4 is 38.7 Å². The maximum Gasteiger partial charge on any atom is 0.204 e. The third-order valence-corrected chi connectivity index (χ3v) is 4.15. The third-order valence-electron chi connectivity index (χ3n) is 4.15. The predicted octanol–water partition coefficient (Wildman–Crippen LogP) is 4.48. The highest BCUT2D eigenvalue weighted by Crippen LogP contribution is 2.43. The van der Waals surface area contributed by atoms with Crippen molar-refractivity contribution < 1.29 is 14.3 Å². The van der Waals surface area contributed by atoms with Crippen LogP contribution in [0.5, 0.6) is 11.5 Å². The molecule has 4 aromatic carbocycles. The van der Waals surface area contributed by atoms with Crippen molar-refractivity contribution in [1.29, 1.82) is 0 Å². The van der Waals surface area contributed by atoms with Gasteiger partial charge in [-0.2, -0.15) is 0 Å². The zero-order valence-electron chi connectivity index (χ0n) is 14.4. The molecule has 0 bridgehead atoms. The summed E-state index contributed by atoms with van der Waals surface area (Å²) < 4.78 is 11.7. The minimum Gasteiger partial charge on any atom is -0.490 e. The van der Waals surface area contributed by atoms with Crippen molar-refractivity contribution in [2.45, 2.75) is 13.8 Å². The zero-order chi connectivity index (χ0) is 17.8. The standard InChI is InChI=1S/C20H18O2.CH3NO/c1-3-21-17-12-15-9-8-13-6-5-7-14-10-11-16(19(15)18(13)14)20(17)22-4-2;2-1-3/h5-12H,3-4H2,1-2H3;1H,(H2,2,3). The lowest BCUT2D eigenvalue weighted by Crippen LogP contribution is -2.00.